The molecule has 0 saturated heterocycles. The van der Waals surface area contributed by atoms with E-state index in [9.17, 15) is 4.79 Å². The minimum atomic E-state index is -0.617. The third kappa shape index (κ3) is 4.31. The smallest absolute Gasteiger partial charge is 0.237 e. The Hall–Kier alpha value is -0.610. The van der Waals surface area contributed by atoms with Gasteiger partial charge in [0.1, 0.15) is 0 Å². The standard InChI is InChI=1S/C8H18N2O2/c1-8(2,7(9)11)10-5-4-6-12-3/h10H,4-6H2,1-3H3,(H2,9,11). The zero-order valence-corrected chi connectivity index (χ0v) is 8.02. The van der Waals surface area contributed by atoms with Crippen molar-refractivity contribution in [1.29, 1.82) is 0 Å². The van der Waals surface area contributed by atoms with Gasteiger partial charge >= 0.3 is 0 Å². The highest BCUT2D eigenvalue weighted by molar-refractivity contribution is 5.83. The highest BCUT2D eigenvalue weighted by atomic mass is 16.5. The minimum absolute atomic E-state index is 0.333. The lowest BCUT2D eigenvalue weighted by atomic mass is 10.1. The van der Waals surface area contributed by atoms with Gasteiger partial charge in [-0.25, -0.2) is 0 Å². The first-order valence-corrected chi connectivity index (χ1v) is 4.04. The predicted molar refractivity (Wildman–Crippen MR) is 47.8 cm³/mol. The van der Waals surface area contributed by atoms with Crippen molar-refractivity contribution in [3.05, 3.63) is 0 Å². The van der Waals surface area contributed by atoms with Crippen LogP contribution in [0, 0.1) is 0 Å². The SMILES string of the molecule is COCCCNC(C)(C)C(N)=O. The number of hydrogen-bond acceptors (Lipinski definition) is 3. The minimum Gasteiger partial charge on any atom is -0.385 e. The maximum absolute atomic E-state index is 10.8. The molecule has 0 atom stereocenters. The number of nitrogens with one attached hydrogen (secondary N) is 1. The van der Waals surface area contributed by atoms with Crippen LogP contribution in [0.4, 0.5) is 0 Å². The van der Waals surface area contributed by atoms with Crippen molar-refractivity contribution in [2.24, 2.45) is 5.73 Å². The topological polar surface area (TPSA) is 64.3 Å². The molecular weight excluding hydrogens is 156 g/mol. The second-order valence-electron chi connectivity index (χ2n) is 3.26. The summed E-state index contributed by atoms with van der Waals surface area (Å²) in [5.74, 6) is -0.333. The first-order chi connectivity index (χ1) is 5.50. The molecule has 4 nitrogen and oxygen atoms in total. The Labute approximate surface area is 73.5 Å². The number of methoxy groups -OCH3 is 1. The third-order valence-electron chi connectivity index (χ3n) is 1.71. The average Bonchev–Trinajstić information content (AvgIpc) is 1.98. The maximum atomic E-state index is 10.8. The van der Waals surface area contributed by atoms with E-state index in [1.165, 1.54) is 0 Å². The van der Waals surface area contributed by atoms with Crippen LogP contribution in [-0.2, 0) is 9.53 Å². The Balaban J connectivity index is 3.54. The molecule has 0 heterocycles. The molecule has 0 aliphatic rings. The van der Waals surface area contributed by atoms with Gasteiger partial charge in [-0.3, -0.25) is 4.79 Å². The number of primary amides is 1. The Morgan fingerprint density at radius 2 is 2.17 bits per heavy atom. The van der Waals surface area contributed by atoms with Crippen LogP contribution in [0.2, 0.25) is 0 Å². The number of hydrogen-bond donors (Lipinski definition) is 2. The second kappa shape index (κ2) is 5.11. The van der Waals surface area contributed by atoms with Crippen LogP contribution in [0.25, 0.3) is 0 Å². The van der Waals surface area contributed by atoms with Gasteiger partial charge in [0.15, 0.2) is 0 Å². The van der Waals surface area contributed by atoms with E-state index >= 15 is 0 Å². The molecule has 1 amide bonds. The Bertz CT molecular complexity index is 146. The average molecular weight is 174 g/mol. The monoisotopic (exact) mass is 174 g/mol. The van der Waals surface area contributed by atoms with Crippen LogP contribution in [0.1, 0.15) is 20.3 Å². The fourth-order valence-electron chi connectivity index (χ4n) is 0.705. The quantitative estimate of drug-likeness (QED) is 0.552. The van der Waals surface area contributed by atoms with E-state index in [0.717, 1.165) is 13.0 Å². The van der Waals surface area contributed by atoms with Crippen LogP contribution in [0.3, 0.4) is 0 Å². The van der Waals surface area contributed by atoms with E-state index in [-0.39, 0.29) is 5.91 Å². The summed E-state index contributed by atoms with van der Waals surface area (Å²) in [5.41, 5.74) is 4.53. The molecule has 72 valence electrons. The first kappa shape index (κ1) is 11.4. The molecule has 0 spiro atoms. The van der Waals surface area contributed by atoms with E-state index in [4.69, 9.17) is 10.5 Å². The molecule has 0 aliphatic carbocycles. The normalized spacial score (nSPS) is 11.6. The number of amides is 1. The van der Waals surface area contributed by atoms with E-state index in [0.29, 0.717) is 6.61 Å². The largest absolute Gasteiger partial charge is 0.385 e. The van der Waals surface area contributed by atoms with Crippen molar-refractivity contribution in [2.45, 2.75) is 25.8 Å². The molecular formula is C8H18N2O2. The van der Waals surface area contributed by atoms with Crippen LogP contribution < -0.4 is 11.1 Å². The third-order valence-corrected chi connectivity index (χ3v) is 1.71. The molecule has 0 aliphatic heterocycles. The van der Waals surface area contributed by atoms with Gasteiger partial charge in [0.2, 0.25) is 5.91 Å². The summed E-state index contributed by atoms with van der Waals surface area (Å²) in [6.45, 7) is 4.97. The van der Waals surface area contributed by atoms with Gasteiger partial charge in [-0.2, -0.15) is 0 Å². The number of carbonyl (C=O) groups is 1. The maximum Gasteiger partial charge on any atom is 0.237 e. The molecule has 0 aromatic heterocycles. The second-order valence-corrected chi connectivity index (χ2v) is 3.26. The van der Waals surface area contributed by atoms with Gasteiger partial charge in [-0.05, 0) is 26.8 Å². The number of carbonyl (C=O) groups excluding carboxylic acids is 1. The molecule has 0 radical (unpaired) electrons. The molecule has 0 saturated carbocycles. The van der Waals surface area contributed by atoms with Crippen molar-refractivity contribution < 1.29 is 9.53 Å². The van der Waals surface area contributed by atoms with Gasteiger partial charge in [0.05, 0.1) is 5.54 Å². The van der Waals surface area contributed by atoms with E-state index in [1.54, 1.807) is 21.0 Å². The lowest BCUT2D eigenvalue weighted by Crippen LogP contribution is -2.50. The Morgan fingerprint density at radius 3 is 2.58 bits per heavy atom. The van der Waals surface area contributed by atoms with E-state index < -0.39 is 5.54 Å². The van der Waals surface area contributed by atoms with Gasteiger partial charge in [0, 0.05) is 13.7 Å². The lowest BCUT2D eigenvalue weighted by Gasteiger charge is -2.21. The van der Waals surface area contributed by atoms with Gasteiger partial charge in [-0.15, -0.1) is 0 Å². The number of rotatable bonds is 6. The Kier molecular flexibility index (Phi) is 4.85. The van der Waals surface area contributed by atoms with Crippen molar-refractivity contribution in [3.63, 3.8) is 0 Å². The van der Waals surface area contributed by atoms with E-state index in [2.05, 4.69) is 5.32 Å². The van der Waals surface area contributed by atoms with Gasteiger partial charge in [-0.1, -0.05) is 0 Å². The fourth-order valence-corrected chi connectivity index (χ4v) is 0.705. The molecule has 3 N–H and O–H groups in total. The Morgan fingerprint density at radius 1 is 1.58 bits per heavy atom. The summed E-state index contributed by atoms with van der Waals surface area (Å²) in [7, 11) is 1.65. The van der Waals surface area contributed by atoms with Crippen molar-refractivity contribution >= 4 is 5.91 Å². The van der Waals surface area contributed by atoms with Crippen molar-refractivity contribution in [3.8, 4) is 0 Å². The molecule has 0 fully saturated rings. The molecule has 0 bridgehead atoms. The van der Waals surface area contributed by atoms with Crippen LogP contribution in [0.15, 0.2) is 0 Å². The molecule has 4 heteroatoms. The summed E-state index contributed by atoms with van der Waals surface area (Å²) in [5, 5.41) is 3.04. The number of ether oxygens (including phenoxy) is 1. The summed E-state index contributed by atoms with van der Waals surface area (Å²) in [6.07, 6.45) is 0.882. The molecule has 0 rings (SSSR count). The molecule has 0 aromatic carbocycles. The summed E-state index contributed by atoms with van der Waals surface area (Å²) in [6, 6.07) is 0. The highest BCUT2D eigenvalue weighted by Crippen LogP contribution is 1.99. The van der Waals surface area contributed by atoms with E-state index in [1.807, 2.05) is 0 Å². The predicted octanol–water partition coefficient (Wildman–Crippen LogP) is -0.124. The summed E-state index contributed by atoms with van der Waals surface area (Å²) >= 11 is 0. The fraction of sp³-hybridized carbons (Fsp3) is 0.875. The molecule has 0 unspecified atom stereocenters. The van der Waals surface area contributed by atoms with Gasteiger partial charge < -0.3 is 15.8 Å². The highest BCUT2D eigenvalue weighted by Gasteiger charge is 2.22. The summed E-state index contributed by atoms with van der Waals surface area (Å²) < 4.78 is 4.86. The zero-order chi connectivity index (χ0) is 9.61. The molecule has 0 aromatic rings. The zero-order valence-electron chi connectivity index (χ0n) is 8.02. The number of nitrogens with two attached hydrogens (primary N) is 1. The first-order valence-electron chi connectivity index (χ1n) is 4.04. The van der Waals surface area contributed by atoms with Crippen LogP contribution in [0.5, 0.6) is 0 Å². The summed E-state index contributed by atoms with van der Waals surface area (Å²) in [4.78, 5) is 10.8. The van der Waals surface area contributed by atoms with Gasteiger partial charge in [0.25, 0.3) is 0 Å². The van der Waals surface area contributed by atoms with Crippen molar-refractivity contribution in [1.82, 2.24) is 5.32 Å². The molecule has 12 heavy (non-hydrogen) atoms. The lowest BCUT2D eigenvalue weighted by molar-refractivity contribution is -0.123. The van der Waals surface area contributed by atoms with Crippen LogP contribution in [-0.4, -0.2) is 31.7 Å². The van der Waals surface area contributed by atoms with Crippen molar-refractivity contribution in [2.75, 3.05) is 20.3 Å². The van der Waals surface area contributed by atoms with Crippen LogP contribution >= 0.6 is 0 Å².